The molecule has 1 aromatic rings. The molecule has 1 fully saturated rings. The van der Waals surface area contributed by atoms with Gasteiger partial charge in [0.1, 0.15) is 5.60 Å². The Bertz CT molecular complexity index is 482. The quantitative estimate of drug-likeness (QED) is 0.902. The van der Waals surface area contributed by atoms with E-state index in [9.17, 15) is 4.79 Å². The van der Waals surface area contributed by atoms with Crippen LogP contribution in [0.3, 0.4) is 0 Å². The lowest BCUT2D eigenvalue weighted by molar-refractivity contribution is 0.0509. The number of aromatic nitrogens is 1. The molecule has 110 valence electrons. The molecule has 0 radical (unpaired) electrons. The fourth-order valence-electron chi connectivity index (χ4n) is 2.30. The van der Waals surface area contributed by atoms with Crippen LogP contribution in [-0.4, -0.2) is 35.8 Å². The number of aryl methyl sites for hydroxylation is 1. The SMILES string of the molecule is Cc1cncc(N2CCC(NC(=O)OC(C)(C)C)C2)c1. The van der Waals surface area contributed by atoms with Gasteiger partial charge in [0.05, 0.1) is 17.9 Å². The van der Waals surface area contributed by atoms with Crippen molar-refractivity contribution in [2.75, 3.05) is 18.0 Å². The largest absolute Gasteiger partial charge is 0.444 e. The molecule has 5 nitrogen and oxygen atoms in total. The van der Waals surface area contributed by atoms with Crippen LogP contribution >= 0.6 is 0 Å². The van der Waals surface area contributed by atoms with Crippen LogP contribution in [0.4, 0.5) is 10.5 Å². The van der Waals surface area contributed by atoms with Crippen molar-refractivity contribution < 1.29 is 9.53 Å². The Labute approximate surface area is 120 Å². The van der Waals surface area contributed by atoms with E-state index in [1.807, 2.05) is 40.1 Å². The number of ether oxygens (including phenoxy) is 1. The maximum atomic E-state index is 11.7. The van der Waals surface area contributed by atoms with Gasteiger partial charge in [-0.05, 0) is 45.7 Å². The van der Waals surface area contributed by atoms with Gasteiger partial charge >= 0.3 is 6.09 Å². The fourth-order valence-corrected chi connectivity index (χ4v) is 2.30. The summed E-state index contributed by atoms with van der Waals surface area (Å²) in [5.41, 5.74) is 1.80. The number of carbonyl (C=O) groups excluding carboxylic acids is 1. The van der Waals surface area contributed by atoms with Crippen LogP contribution < -0.4 is 10.2 Å². The van der Waals surface area contributed by atoms with Crippen molar-refractivity contribution in [2.45, 2.75) is 45.8 Å². The second kappa shape index (κ2) is 5.69. The summed E-state index contributed by atoms with van der Waals surface area (Å²) in [5, 5.41) is 2.93. The van der Waals surface area contributed by atoms with Crippen LogP contribution in [-0.2, 0) is 4.74 Å². The third-order valence-electron chi connectivity index (χ3n) is 3.13. The van der Waals surface area contributed by atoms with Crippen molar-refractivity contribution in [1.82, 2.24) is 10.3 Å². The van der Waals surface area contributed by atoms with Gasteiger partial charge in [-0.15, -0.1) is 0 Å². The number of pyridine rings is 1. The molecule has 0 saturated carbocycles. The Morgan fingerprint density at radius 2 is 2.20 bits per heavy atom. The van der Waals surface area contributed by atoms with Crippen molar-refractivity contribution in [3.63, 3.8) is 0 Å². The van der Waals surface area contributed by atoms with Crippen LogP contribution in [0.15, 0.2) is 18.5 Å². The van der Waals surface area contributed by atoms with Gasteiger partial charge < -0.3 is 15.0 Å². The maximum absolute atomic E-state index is 11.7. The van der Waals surface area contributed by atoms with E-state index in [4.69, 9.17) is 4.74 Å². The van der Waals surface area contributed by atoms with Gasteiger partial charge in [0, 0.05) is 19.3 Å². The molecule has 1 amide bonds. The molecule has 0 bridgehead atoms. The number of anilines is 1. The van der Waals surface area contributed by atoms with Crippen LogP contribution in [0.25, 0.3) is 0 Å². The van der Waals surface area contributed by atoms with E-state index >= 15 is 0 Å². The summed E-state index contributed by atoms with van der Waals surface area (Å²) in [5.74, 6) is 0. The normalized spacial score (nSPS) is 19.0. The summed E-state index contributed by atoms with van der Waals surface area (Å²) in [6.07, 6.45) is 4.29. The van der Waals surface area contributed by atoms with Gasteiger partial charge in [-0.3, -0.25) is 4.98 Å². The smallest absolute Gasteiger partial charge is 0.407 e. The molecule has 5 heteroatoms. The minimum atomic E-state index is -0.456. The highest BCUT2D eigenvalue weighted by atomic mass is 16.6. The number of carbonyl (C=O) groups is 1. The number of nitrogens with one attached hydrogen (secondary N) is 1. The number of hydrogen-bond acceptors (Lipinski definition) is 4. The average molecular weight is 277 g/mol. The standard InChI is InChI=1S/C15H23N3O2/c1-11-7-13(9-16-8-11)18-6-5-12(10-18)17-14(19)20-15(2,3)4/h7-9,12H,5-6,10H2,1-4H3,(H,17,19). The summed E-state index contributed by atoms with van der Waals surface area (Å²) in [6, 6.07) is 2.24. The molecule has 1 N–H and O–H groups in total. The number of rotatable bonds is 2. The van der Waals surface area contributed by atoms with Crippen molar-refractivity contribution in [3.8, 4) is 0 Å². The van der Waals surface area contributed by atoms with Gasteiger partial charge in [0.15, 0.2) is 0 Å². The first-order valence-electron chi connectivity index (χ1n) is 6.99. The van der Waals surface area contributed by atoms with Crippen LogP contribution in [0.2, 0.25) is 0 Å². The number of amides is 1. The summed E-state index contributed by atoms with van der Waals surface area (Å²) in [7, 11) is 0. The Morgan fingerprint density at radius 3 is 2.85 bits per heavy atom. The second-order valence-corrected chi connectivity index (χ2v) is 6.30. The monoisotopic (exact) mass is 277 g/mol. The first-order chi connectivity index (χ1) is 9.33. The van der Waals surface area contributed by atoms with E-state index in [0.717, 1.165) is 30.8 Å². The Kier molecular flexibility index (Phi) is 4.16. The van der Waals surface area contributed by atoms with E-state index in [1.165, 1.54) is 0 Å². The zero-order chi connectivity index (χ0) is 14.8. The molecule has 1 atom stereocenters. The molecule has 1 aromatic heterocycles. The Balaban J connectivity index is 1.88. The summed E-state index contributed by atoms with van der Waals surface area (Å²) in [4.78, 5) is 18.2. The lowest BCUT2D eigenvalue weighted by Crippen LogP contribution is -2.40. The van der Waals surface area contributed by atoms with Gasteiger partial charge in [-0.25, -0.2) is 4.79 Å². The molecule has 1 aliphatic heterocycles. The molecule has 1 aliphatic rings. The number of hydrogen-bond donors (Lipinski definition) is 1. The van der Waals surface area contributed by atoms with E-state index in [-0.39, 0.29) is 12.1 Å². The second-order valence-electron chi connectivity index (χ2n) is 6.30. The summed E-state index contributed by atoms with van der Waals surface area (Å²) < 4.78 is 5.28. The third-order valence-corrected chi connectivity index (χ3v) is 3.13. The first kappa shape index (κ1) is 14.6. The van der Waals surface area contributed by atoms with Gasteiger partial charge in [-0.1, -0.05) is 0 Å². The molecular formula is C15H23N3O2. The van der Waals surface area contributed by atoms with Crippen molar-refractivity contribution >= 4 is 11.8 Å². The zero-order valence-electron chi connectivity index (χ0n) is 12.6. The Morgan fingerprint density at radius 1 is 1.45 bits per heavy atom. The van der Waals surface area contributed by atoms with Crippen LogP contribution in [0.1, 0.15) is 32.8 Å². The molecule has 2 rings (SSSR count). The van der Waals surface area contributed by atoms with Gasteiger partial charge in [-0.2, -0.15) is 0 Å². The van der Waals surface area contributed by atoms with Gasteiger partial charge in [0.2, 0.25) is 0 Å². The molecule has 1 saturated heterocycles. The van der Waals surface area contributed by atoms with Crippen molar-refractivity contribution in [2.24, 2.45) is 0 Å². The third kappa shape index (κ3) is 4.11. The van der Waals surface area contributed by atoms with Crippen LogP contribution in [0.5, 0.6) is 0 Å². The van der Waals surface area contributed by atoms with E-state index in [2.05, 4.69) is 21.3 Å². The first-order valence-corrected chi connectivity index (χ1v) is 6.99. The predicted octanol–water partition coefficient (Wildman–Crippen LogP) is 2.49. The highest BCUT2D eigenvalue weighted by molar-refractivity contribution is 5.68. The minimum Gasteiger partial charge on any atom is -0.444 e. The maximum Gasteiger partial charge on any atom is 0.407 e. The molecule has 0 spiro atoms. The average Bonchev–Trinajstić information content (AvgIpc) is 2.74. The van der Waals surface area contributed by atoms with E-state index in [0.29, 0.717) is 0 Å². The minimum absolute atomic E-state index is 0.130. The van der Waals surface area contributed by atoms with Crippen molar-refractivity contribution in [3.05, 3.63) is 24.0 Å². The highest BCUT2D eigenvalue weighted by Gasteiger charge is 2.26. The number of alkyl carbamates (subject to hydrolysis) is 1. The molecule has 2 heterocycles. The summed E-state index contributed by atoms with van der Waals surface area (Å²) >= 11 is 0. The fraction of sp³-hybridized carbons (Fsp3) is 0.600. The molecule has 0 aromatic carbocycles. The zero-order valence-corrected chi connectivity index (χ0v) is 12.6. The predicted molar refractivity (Wildman–Crippen MR) is 79.0 cm³/mol. The van der Waals surface area contributed by atoms with E-state index < -0.39 is 5.60 Å². The van der Waals surface area contributed by atoms with Gasteiger partial charge in [0.25, 0.3) is 0 Å². The molecule has 1 unspecified atom stereocenters. The molecule has 20 heavy (non-hydrogen) atoms. The lowest BCUT2D eigenvalue weighted by atomic mass is 10.2. The highest BCUT2D eigenvalue weighted by Crippen LogP contribution is 2.20. The molecule has 0 aliphatic carbocycles. The summed E-state index contributed by atoms with van der Waals surface area (Å²) in [6.45, 7) is 9.35. The van der Waals surface area contributed by atoms with Crippen molar-refractivity contribution in [1.29, 1.82) is 0 Å². The topological polar surface area (TPSA) is 54.5 Å². The Hall–Kier alpha value is -1.78. The molecular weight excluding hydrogens is 254 g/mol. The van der Waals surface area contributed by atoms with E-state index in [1.54, 1.807) is 0 Å². The number of nitrogens with zero attached hydrogens (tertiary/aromatic N) is 2. The van der Waals surface area contributed by atoms with Crippen LogP contribution in [0, 0.1) is 6.92 Å². The lowest BCUT2D eigenvalue weighted by Gasteiger charge is -2.22.